The number of rotatable bonds is 4. The van der Waals surface area contributed by atoms with Crippen molar-refractivity contribution in [3.63, 3.8) is 0 Å². The second-order valence-electron chi connectivity index (χ2n) is 3.95. The molecule has 0 unspecified atom stereocenters. The Bertz CT molecular complexity index is 712. The van der Waals surface area contributed by atoms with E-state index < -0.39 is 9.84 Å². The van der Waals surface area contributed by atoms with E-state index in [9.17, 15) is 8.42 Å². The van der Waals surface area contributed by atoms with E-state index in [0.29, 0.717) is 11.0 Å². The lowest BCUT2D eigenvalue weighted by atomic mass is 10.2. The van der Waals surface area contributed by atoms with Gasteiger partial charge in [0.1, 0.15) is 0 Å². The zero-order valence-electron chi connectivity index (χ0n) is 10.5. The lowest BCUT2D eigenvalue weighted by Gasteiger charge is -1.99. The van der Waals surface area contributed by atoms with Crippen LogP contribution in [0, 0.1) is 0 Å². The molecule has 0 aliphatic carbocycles. The predicted octanol–water partition coefficient (Wildman–Crippen LogP) is 1.98. The molecule has 2 aromatic rings. The molecule has 0 atom stereocenters. The van der Waals surface area contributed by atoms with Crippen LogP contribution < -0.4 is 5.43 Å². The molecule has 0 saturated heterocycles. The minimum absolute atomic E-state index is 0.270. The van der Waals surface area contributed by atoms with Gasteiger partial charge in [0.05, 0.1) is 11.1 Å². The van der Waals surface area contributed by atoms with E-state index in [1.165, 1.54) is 12.1 Å². The number of nitrogens with one attached hydrogen (secondary N) is 1. The van der Waals surface area contributed by atoms with Crippen molar-refractivity contribution >= 4 is 33.5 Å². The van der Waals surface area contributed by atoms with Crippen molar-refractivity contribution in [1.29, 1.82) is 0 Å². The third kappa shape index (κ3) is 4.01. The Balaban J connectivity index is 2.03. The van der Waals surface area contributed by atoms with E-state index in [2.05, 4.69) is 20.7 Å². The summed E-state index contributed by atoms with van der Waals surface area (Å²) in [5.74, 6) is 0.457. The molecule has 0 fully saturated rings. The van der Waals surface area contributed by atoms with Crippen LogP contribution in [0.5, 0.6) is 0 Å². The summed E-state index contributed by atoms with van der Waals surface area (Å²) in [7, 11) is -3.18. The molecule has 8 heteroatoms. The topological polar surface area (TPSA) is 84.3 Å². The first-order valence-electron chi connectivity index (χ1n) is 5.53. The molecule has 6 nitrogen and oxygen atoms in total. The van der Waals surface area contributed by atoms with E-state index in [-0.39, 0.29) is 4.90 Å². The summed E-state index contributed by atoms with van der Waals surface area (Å²) >= 11 is 5.60. The number of sulfone groups is 1. The van der Waals surface area contributed by atoms with Crippen LogP contribution in [0.25, 0.3) is 0 Å². The fraction of sp³-hybridized carbons (Fsp3) is 0.0833. The summed E-state index contributed by atoms with van der Waals surface area (Å²) in [4.78, 5) is 0.270. The van der Waals surface area contributed by atoms with Crippen LogP contribution in [0.4, 0.5) is 5.82 Å². The van der Waals surface area contributed by atoms with E-state index >= 15 is 0 Å². The highest BCUT2D eigenvalue weighted by Gasteiger charge is 2.05. The summed E-state index contributed by atoms with van der Waals surface area (Å²) in [6.45, 7) is 0. The van der Waals surface area contributed by atoms with Gasteiger partial charge in [-0.3, -0.25) is 5.43 Å². The normalized spacial score (nSPS) is 11.7. The molecule has 0 radical (unpaired) electrons. The first-order chi connectivity index (χ1) is 9.45. The number of benzene rings is 1. The van der Waals surface area contributed by atoms with Gasteiger partial charge < -0.3 is 0 Å². The van der Waals surface area contributed by atoms with E-state index in [1.54, 1.807) is 30.5 Å². The predicted molar refractivity (Wildman–Crippen MR) is 77.8 cm³/mol. The first kappa shape index (κ1) is 14.4. The van der Waals surface area contributed by atoms with Gasteiger partial charge >= 0.3 is 0 Å². The molecule has 20 heavy (non-hydrogen) atoms. The SMILES string of the molecule is CS(=O)(=O)c1ccc(C=NNc2ccc(Cl)nn2)cc1. The van der Waals surface area contributed by atoms with Crippen molar-refractivity contribution in [2.75, 3.05) is 11.7 Å². The molecular formula is C12H11ClN4O2S. The highest BCUT2D eigenvalue weighted by Crippen LogP contribution is 2.09. The van der Waals surface area contributed by atoms with Crippen molar-refractivity contribution in [2.45, 2.75) is 4.90 Å². The fourth-order valence-electron chi connectivity index (χ4n) is 1.35. The van der Waals surface area contributed by atoms with Gasteiger partial charge in [-0.2, -0.15) is 5.10 Å². The maximum absolute atomic E-state index is 11.3. The van der Waals surface area contributed by atoms with Crippen LogP contribution in [0.1, 0.15) is 5.56 Å². The summed E-state index contributed by atoms with van der Waals surface area (Å²) in [5.41, 5.74) is 3.44. The lowest BCUT2D eigenvalue weighted by Crippen LogP contribution is -1.97. The van der Waals surface area contributed by atoms with Crippen LogP contribution in [0.2, 0.25) is 5.15 Å². The lowest BCUT2D eigenvalue weighted by molar-refractivity contribution is 0.602. The molecule has 1 heterocycles. The highest BCUT2D eigenvalue weighted by molar-refractivity contribution is 7.90. The van der Waals surface area contributed by atoms with Crippen molar-refractivity contribution in [3.8, 4) is 0 Å². The average Bonchev–Trinajstić information content (AvgIpc) is 2.41. The van der Waals surface area contributed by atoms with Crippen molar-refractivity contribution < 1.29 is 8.42 Å². The van der Waals surface area contributed by atoms with E-state index in [1.807, 2.05) is 0 Å². The van der Waals surface area contributed by atoms with Gasteiger partial charge in [-0.25, -0.2) is 8.42 Å². The zero-order valence-corrected chi connectivity index (χ0v) is 12.1. The minimum atomic E-state index is -3.18. The maximum Gasteiger partial charge on any atom is 0.175 e. The quantitative estimate of drug-likeness (QED) is 0.689. The number of hydrazone groups is 1. The van der Waals surface area contributed by atoms with Gasteiger partial charge in [0.25, 0.3) is 0 Å². The molecule has 0 bridgehead atoms. The first-order valence-corrected chi connectivity index (χ1v) is 7.80. The van der Waals surface area contributed by atoms with Crippen molar-refractivity contribution in [3.05, 3.63) is 47.1 Å². The van der Waals surface area contributed by atoms with Crippen LogP contribution >= 0.6 is 11.6 Å². The largest absolute Gasteiger partial charge is 0.260 e. The molecular weight excluding hydrogens is 300 g/mol. The molecule has 2 rings (SSSR count). The smallest absolute Gasteiger partial charge is 0.175 e. The minimum Gasteiger partial charge on any atom is -0.260 e. The van der Waals surface area contributed by atoms with Crippen LogP contribution in [0.3, 0.4) is 0 Å². The second kappa shape index (κ2) is 5.98. The third-order valence-corrected chi connectivity index (χ3v) is 3.66. The number of hydrogen-bond donors (Lipinski definition) is 1. The van der Waals surface area contributed by atoms with E-state index in [4.69, 9.17) is 11.6 Å². The number of nitrogens with zero attached hydrogens (tertiary/aromatic N) is 3. The average molecular weight is 311 g/mol. The number of hydrogen-bond acceptors (Lipinski definition) is 6. The Kier molecular flexibility index (Phi) is 4.31. The van der Waals surface area contributed by atoms with Gasteiger partial charge in [0.15, 0.2) is 20.8 Å². The molecule has 104 valence electrons. The molecule has 1 aromatic heterocycles. The number of halogens is 1. The molecule has 1 aromatic carbocycles. The second-order valence-corrected chi connectivity index (χ2v) is 6.36. The summed E-state index contributed by atoms with van der Waals surface area (Å²) in [6.07, 6.45) is 2.71. The van der Waals surface area contributed by atoms with Crippen LogP contribution in [-0.4, -0.2) is 31.1 Å². The molecule has 0 spiro atoms. The molecule has 0 amide bonds. The molecule has 0 aliphatic rings. The molecule has 1 N–H and O–H groups in total. The van der Waals surface area contributed by atoms with E-state index in [0.717, 1.165) is 11.8 Å². The molecule has 0 aliphatic heterocycles. The molecule has 0 saturated carbocycles. The van der Waals surface area contributed by atoms with Crippen LogP contribution in [-0.2, 0) is 9.84 Å². The van der Waals surface area contributed by atoms with Gasteiger partial charge in [0, 0.05) is 6.26 Å². The van der Waals surface area contributed by atoms with Crippen molar-refractivity contribution in [2.24, 2.45) is 5.10 Å². The fourth-order valence-corrected chi connectivity index (χ4v) is 2.08. The van der Waals surface area contributed by atoms with Gasteiger partial charge in [-0.05, 0) is 29.8 Å². The van der Waals surface area contributed by atoms with Crippen molar-refractivity contribution in [1.82, 2.24) is 10.2 Å². The number of anilines is 1. The highest BCUT2D eigenvalue weighted by atomic mass is 35.5. The standard InChI is InChI=1S/C12H11ClN4O2S/c1-20(18,19)10-4-2-9(3-5-10)8-14-16-12-7-6-11(13)15-17-12/h2-8H,1H3,(H,16,17). The maximum atomic E-state index is 11.3. The number of aromatic nitrogens is 2. The summed E-state index contributed by atoms with van der Waals surface area (Å²) in [5, 5.41) is 11.7. The van der Waals surface area contributed by atoms with Gasteiger partial charge in [-0.1, -0.05) is 23.7 Å². The Labute approximate surface area is 121 Å². The summed E-state index contributed by atoms with van der Waals surface area (Å²) in [6, 6.07) is 9.61. The summed E-state index contributed by atoms with van der Waals surface area (Å²) < 4.78 is 22.6. The van der Waals surface area contributed by atoms with Crippen LogP contribution in [0.15, 0.2) is 46.4 Å². The van der Waals surface area contributed by atoms with Gasteiger partial charge in [0.2, 0.25) is 0 Å². The Hall–Kier alpha value is -1.99. The third-order valence-electron chi connectivity index (χ3n) is 2.33. The monoisotopic (exact) mass is 310 g/mol. The van der Waals surface area contributed by atoms with Gasteiger partial charge in [-0.15, -0.1) is 10.2 Å². The Morgan fingerprint density at radius 2 is 1.85 bits per heavy atom. The Morgan fingerprint density at radius 3 is 2.40 bits per heavy atom. The Morgan fingerprint density at radius 1 is 1.15 bits per heavy atom. The zero-order chi connectivity index (χ0) is 14.6.